The zero-order chi connectivity index (χ0) is 16.5. The smallest absolute Gasteiger partial charge is 0.221 e. The zero-order valence-corrected chi connectivity index (χ0v) is 12.8. The van der Waals surface area contributed by atoms with Crippen LogP contribution in [0, 0.1) is 0 Å². The van der Waals surface area contributed by atoms with Crippen LogP contribution in [0.2, 0.25) is 0 Å². The standard InChI is InChI=1S/2C8H9NO2.H2O/c2*1-6(10)9-7-3-2-4-8(11)5-7;/h2*2-5,11H,1H3,(H,9,10);1H2. The van der Waals surface area contributed by atoms with Crippen molar-refractivity contribution in [2.24, 2.45) is 0 Å². The van der Waals surface area contributed by atoms with Gasteiger partial charge in [0.1, 0.15) is 11.5 Å². The number of hydrogen-bond acceptors (Lipinski definition) is 4. The van der Waals surface area contributed by atoms with Gasteiger partial charge in [-0.3, -0.25) is 9.59 Å². The monoisotopic (exact) mass is 320 g/mol. The largest absolute Gasteiger partial charge is 0.508 e. The van der Waals surface area contributed by atoms with Gasteiger partial charge < -0.3 is 26.3 Å². The lowest BCUT2D eigenvalue weighted by Gasteiger charge is -2.00. The Hall–Kier alpha value is -3.06. The van der Waals surface area contributed by atoms with Crippen LogP contribution in [0.1, 0.15) is 13.8 Å². The van der Waals surface area contributed by atoms with Crippen LogP contribution in [0.15, 0.2) is 48.5 Å². The van der Waals surface area contributed by atoms with Crippen molar-refractivity contribution in [3.63, 3.8) is 0 Å². The van der Waals surface area contributed by atoms with E-state index >= 15 is 0 Å². The van der Waals surface area contributed by atoms with Gasteiger partial charge in [-0.2, -0.15) is 0 Å². The van der Waals surface area contributed by atoms with Crippen LogP contribution in [0.4, 0.5) is 11.4 Å². The quantitative estimate of drug-likeness (QED) is 0.673. The van der Waals surface area contributed by atoms with Crippen LogP contribution in [0.3, 0.4) is 0 Å². The summed E-state index contributed by atoms with van der Waals surface area (Å²) < 4.78 is 0. The maximum atomic E-state index is 10.5. The molecule has 0 saturated heterocycles. The fourth-order valence-corrected chi connectivity index (χ4v) is 1.57. The van der Waals surface area contributed by atoms with Crippen LogP contribution in [-0.2, 0) is 9.59 Å². The summed E-state index contributed by atoms with van der Waals surface area (Å²) in [7, 11) is 0. The number of nitrogens with one attached hydrogen (secondary N) is 2. The first kappa shape index (κ1) is 19.9. The molecule has 0 fully saturated rings. The van der Waals surface area contributed by atoms with E-state index in [0.29, 0.717) is 11.4 Å². The van der Waals surface area contributed by atoms with Crippen LogP contribution in [-0.4, -0.2) is 27.5 Å². The molecule has 0 saturated carbocycles. The van der Waals surface area contributed by atoms with E-state index in [-0.39, 0.29) is 28.8 Å². The van der Waals surface area contributed by atoms with Crippen molar-refractivity contribution in [3.8, 4) is 11.5 Å². The van der Waals surface area contributed by atoms with Crippen molar-refractivity contribution in [3.05, 3.63) is 48.5 Å². The average molecular weight is 320 g/mol. The predicted octanol–water partition coefficient (Wildman–Crippen LogP) is 1.88. The van der Waals surface area contributed by atoms with Crippen LogP contribution < -0.4 is 10.6 Å². The molecule has 124 valence electrons. The third kappa shape index (κ3) is 8.74. The highest BCUT2D eigenvalue weighted by Crippen LogP contribution is 2.15. The molecule has 6 N–H and O–H groups in total. The first-order valence-corrected chi connectivity index (χ1v) is 6.50. The summed E-state index contributed by atoms with van der Waals surface area (Å²) in [5, 5.41) is 23.0. The van der Waals surface area contributed by atoms with Gasteiger partial charge in [-0.1, -0.05) is 12.1 Å². The molecule has 0 spiro atoms. The lowest BCUT2D eigenvalue weighted by atomic mass is 10.3. The highest BCUT2D eigenvalue weighted by molar-refractivity contribution is 5.89. The fraction of sp³-hybridized carbons (Fsp3) is 0.125. The number of anilines is 2. The molecule has 0 aliphatic heterocycles. The molecule has 2 aromatic carbocycles. The number of amides is 2. The minimum absolute atomic E-state index is 0. The number of phenolic OH excluding ortho intramolecular Hbond substituents is 2. The van der Waals surface area contributed by atoms with Crippen LogP contribution in [0.5, 0.6) is 11.5 Å². The summed E-state index contributed by atoms with van der Waals surface area (Å²) in [4.78, 5) is 21.1. The zero-order valence-electron chi connectivity index (χ0n) is 12.8. The SMILES string of the molecule is CC(=O)Nc1cccc(O)c1.CC(=O)Nc1cccc(O)c1.O. The second-order valence-electron chi connectivity index (χ2n) is 4.46. The summed E-state index contributed by atoms with van der Waals surface area (Å²) in [5.41, 5.74) is 1.22. The summed E-state index contributed by atoms with van der Waals surface area (Å²) in [6.45, 7) is 2.84. The van der Waals surface area contributed by atoms with Gasteiger partial charge in [-0.15, -0.1) is 0 Å². The topological polar surface area (TPSA) is 130 Å². The lowest BCUT2D eigenvalue weighted by molar-refractivity contribution is -0.115. The van der Waals surface area contributed by atoms with E-state index < -0.39 is 0 Å². The molecule has 7 nitrogen and oxygen atoms in total. The van der Waals surface area contributed by atoms with Crippen LogP contribution in [0.25, 0.3) is 0 Å². The average Bonchev–Trinajstić information content (AvgIpc) is 2.37. The van der Waals surface area contributed by atoms with E-state index in [1.165, 1.54) is 26.0 Å². The van der Waals surface area contributed by atoms with Gasteiger partial charge in [-0.05, 0) is 24.3 Å². The molecule has 23 heavy (non-hydrogen) atoms. The Morgan fingerprint density at radius 3 is 1.39 bits per heavy atom. The molecule has 0 atom stereocenters. The number of phenols is 2. The molecule has 2 aromatic rings. The highest BCUT2D eigenvalue weighted by atomic mass is 16.3. The number of carbonyl (C=O) groups is 2. The third-order valence-corrected chi connectivity index (χ3v) is 2.33. The van der Waals surface area contributed by atoms with Gasteiger partial charge in [0.2, 0.25) is 11.8 Å². The number of hydrogen-bond donors (Lipinski definition) is 4. The van der Waals surface area contributed by atoms with Crippen molar-refractivity contribution >= 4 is 23.2 Å². The van der Waals surface area contributed by atoms with E-state index in [2.05, 4.69) is 10.6 Å². The molecule has 7 heteroatoms. The Morgan fingerprint density at radius 2 is 1.13 bits per heavy atom. The van der Waals surface area contributed by atoms with Gasteiger partial charge in [-0.25, -0.2) is 0 Å². The molecule has 0 radical (unpaired) electrons. The number of benzene rings is 2. The highest BCUT2D eigenvalue weighted by Gasteiger charge is 1.95. The van der Waals surface area contributed by atoms with Gasteiger partial charge in [0, 0.05) is 37.4 Å². The minimum atomic E-state index is -0.143. The maximum Gasteiger partial charge on any atom is 0.221 e. The minimum Gasteiger partial charge on any atom is -0.508 e. The van der Waals surface area contributed by atoms with Crippen molar-refractivity contribution in [1.29, 1.82) is 0 Å². The van der Waals surface area contributed by atoms with Crippen molar-refractivity contribution in [2.75, 3.05) is 10.6 Å². The predicted molar refractivity (Wildman–Crippen MR) is 88.4 cm³/mol. The Morgan fingerprint density at radius 1 is 0.783 bits per heavy atom. The van der Waals surface area contributed by atoms with Crippen LogP contribution >= 0.6 is 0 Å². The van der Waals surface area contributed by atoms with E-state index in [4.69, 9.17) is 10.2 Å². The summed E-state index contributed by atoms with van der Waals surface area (Å²) >= 11 is 0. The maximum absolute atomic E-state index is 10.5. The second-order valence-corrected chi connectivity index (χ2v) is 4.46. The summed E-state index contributed by atoms with van der Waals surface area (Å²) in [5.74, 6) is 0.0127. The summed E-state index contributed by atoms with van der Waals surface area (Å²) in [6, 6.07) is 12.8. The number of carbonyl (C=O) groups excluding carboxylic acids is 2. The Balaban J connectivity index is 0.000000403. The van der Waals surface area contributed by atoms with E-state index in [1.807, 2.05) is 0 Å². The lowest BCUT2D eigenvalue weighted by Crippen LogP contribution is -2.04. The second kappa shape index (κ2) is 9.80. The Kier molecular flexibility index (Phi) is 8.50. The van der Waals surface area contributed by atoms with Crippen molar-refractivity contribution in [1.82, 2.24) is 0 Å². The van der Waals surface area contributed by atoms with Gasteiger partial charge in [0.15, 0.2) is 0 Å². The van der Waals surface area contributed by atoms with Gasteiger partial charge in [0.25, 0.3) is 0 Å². The molecule has 0 aliphatic rings. The third-order valence-electron chi connectivity index (χ3n) is 2.33. The normalized spacial score (nSPS) is 8.78. The molecule has 0 unspecified atom stereocenters. The molecule has 0 aromatic heterocycles. The molecule has 0 bridgehead atoms. The number of rotatable bonds is 2. The van der Waals surface area contributed by atoms with E-state index in [0.717, 1.165) is 0 Å². The summed E-state index contributed by atoms with van der Waals surface area (Å²) in [6.07, 6.45) is 0. The Labute approximate surface area is 133 Å². The van der Waals surface area contributed by atoms with Gasteiger partial charge in [0.05, 0.1) is 0 Å². The molecular weight excluding hydrogens is 300 g/mol. The Bertz CT molecular complexity index is 601. The molecule has 0 aliphatic carbocycles. The van der Waals surface area contributed by atoms with Crippen molar-refractivity contribution < 1.29 is 25.3 Å². The van der Waals surface area contributed by atoms with Gasteiger partial charge >= 0.3 is 0 Å². The number of aromatic hydroxyl groups is 2. The van der Waals surface area contributed by atoms with E-state index in [9.17, 15) is 9.59 Å². The first-order valence-electron chi connectivity index (χ1n) is 6.50. The fourth-order valence-electron chi connectivity index (χ4n) is 1.57. The molecule has 0 heterocycles. The first-order chi connectivity index (χ1) is 10.4. The van der Waals surface area contributed by atoms with E-state index in [1.54, 1.807) is 36.4 Å². The molecule has 2 amide bonds. The molecular formula is C16H20N2O5. The molecule has 2 rings (SSSR count). The van der Waals surface area contributed by atoms with Crippen molar-refractivity contribution in [2.45, 2.75) is 13.8 Å².